The molecule has 1 aromatic heterocycles. The van der Waals surface area contributed by atoms with Crippen LogP contribution in [0.4, 0.5) is 0 Å². The first-order valence-corrected chi connectivity index (χ1v) is 8.08. The number of nitrogens with two attached hydrogens (primary N) is 1. The van der Waals surface area contributed by atoms with Gasteiger partial charge in [-0.1, -0.05) is 18.2 Å². The van der Waals surface area contributed by atoms with E-state index < -0.39 is 5.54 Å². The number of esters is 1. The second-order valence-electron chi connectivity index (χ2n) is 5.52. The first-order chi connectivity index (χ1) is 9.77. The minimum atomic E-state index is -0.896. The van der Waals surface area contributed by atoms with E-state index in [1.807, 2.05) is 20.8 Å². The Morgan fingerprint density at radius 2 is 1.81 bits per heavy atom. The largest absolute Gasteiger partial charge is 0.468 e. The first-order valence-electron chi connectivity index (χ1n) is 7.10. The number of thioether (sulfide) groups is 1. The molecule has 0 saturated heterocycles. The summed E-state index contributed by atoms with van der Waals surface area (Å²) in [6, 6.07) is 0. The van der Waals surface area contributed by atoms with E-state index in [2.05, 4.69) is 14.7 Å². The van der Waals surface area contributed by atoms with E-state index >= 15 is 0 Å². The number of carbonyl (C=O) groups is 1. The van der Waals surface area contributed by atoms with Gasteiger partial charge in [0.15, 0.2) is 5.16 Å². The van der Waals surface area contributed by atoms with Gasteiger partial charge in [0, 0.05) is 17.1 Å². The lowest BCUT2D eigenvalue weighted by molar-refractivity contribution is -0.146. The molecular weight excluding hydrogens is 286 g/mol. The predicted molar refractivity (Wildman–Crippen MR) is 85.4 cm³/mol. The van der Waals surface area contributed by atoms with Gasteiger partial charge in [-0.25, -0.2) is 9.97 Å². The third-order valence-electron chi connectivity index (χ3n) is 3.59. The zero-order valence-electron chi connectivity index (χ0n) is 13.5. The molecule has 0 spiro atoms. The molecule has 1 heterocycles. The average Bonchev–Trinajstić information content (AvgIpc) is 2.43. The molecule has 118 valence electrons. The standard InChI is InChI=1S/C15H25N3O2S/c1-10-11(2)17-14(18-12(10)3)21-9-7-6-8-15(4,16)13(19)20-5/h6-9,16H2,1-5H3. The first kappa shape index (κ1) is 17.9. The summed E-state index contributed by atoms with van der Waals surface area (Å²) < 4.78 is 4.69. The molecule has 1 atom stereocenters. The van der Waals surface area contributed by atoms with Crippen molar-refractivity contribution in [2.24, 2.45) is 5.73 Å². The fourth-order valence-electron chi connectivity index (χ4n) is 1.90. The Kier molecular flexibility index (Phi) is 6.61. The topological polar surface area (TPSA) is 78.1 Å². The highest BCUT2D eigenvalue weighted by atomic mass is 32.2. The minimum Gasteiger partial charge on any atom is -0.468 e. The van der Waals surface area contributed by atoms with Gasteiger partial charge in [0.1, 0.15) is 5.54 Å². The van der Waals surface area contributed by atoms with Crippen molar-refractivity contribution in [2.75, 3.05) is 12.9 Å². The molecule has 5 nitrogen and oxygen atoms in total. The molecule has 1 unspecified atom stereocenters. The summed E-state index contributed by atoms with van der Waals surface area (Å²) in [7, 11) is 1.36. The van der Waals surface area contributed by atoms with Crippen LogP contribution in [-0.2, 0) is 9.53 Å². The number of ether oxygens (including phenoxy) is 1. The molecule has 0 aliphatic heterocycles. The van der Waals surface area contributed by atoms with Crippen molar-refractivity contribution >= 4 is 17.7 Å². The van der Waals surface area contributed by atoms with Crippen LogP contribution in [0.1, 0.15) is 43.1 Å². The summed E-state index contributed by atoms with van der Waals surface area (Å²) in [5.74, 6) is 0.558. The van der Waals surface area contributed by atoms with Crippen molar-refractivity contribution in [3.8, 4) is 0 Å². The monoisotopic (exact) mass is 311 g/mol. The van der Waals surface area contributed by atoms with E-state index in [1.54, 1.807) is 18.7 Å². The number of unbranched alkanes of at least 4 members (excludes halogenated alkanes) is 1. The van der Waals surface area contributed by atoms with Crippen LogP contribution in [0.3, 0.4) is 0 Å². The van der Waals surface area contributed by atoms with Gasteiger partial charge in [-0.05, 0) is 46.1 Å². The minimum absolute atomic E-state index is 0.358. The second-order valence-corrected chi connectivity index (χ2v) is 6.58. The lowest BCUT2D eigenvalue weighted by atomic mass is 9.97. The van der Waals surface area contributed by atoms with Gasteiger partial charge in [0.2, 0.25) is 0 Å². The van der Waals surface area contributed by atoms with E-state index in [4.69, 9.17) is 5.73 Å². The summed E-state index contributed by atoms with van der Waals surface area (Å²) in [5.41, 5.74) is 8.23. The molecule has 2 N–H and O–H groups in total. The number of hydrogen-bond donors (Lipinski definition) is 1. The van der Waals surface area contributed by atoms with E-state index in [0.29, 0.717) is 6.42 Å². The van der Waals surface area contributed by atoms with E-state index in [1.165, 1.54) is 7.11 Å². The summed E-state index contributed by atoms with van der Waals surface area (Å²) >= 11 is 1.64. The summed E-state index contributed by atoms with van der Waals surface area (Å²) in [4.78, 5) is 20.4. The smallest absolute Gasteiger partial charge is 0.325 e. The quantitative estimate of drug-likeness (QED) is 0.361. The lowest BCUT2D eigenvalue weighted by Crippen LogP contribution is -2.45. The van der Waals surface area contributed by atoms with Crippen LogP contribution in [0.5, 0.6) is 0 Å². The number of carbonyl (C=O) groups excluding carboxylic acids is 1. The van der Waals surface area contributed by atoms with Crippen molar-refractivity contribution in [3.05, 3.63) is 17.0 Å². The normalized spacial score (nSPS) is 13.8. The average molecular weight is 311 g/mol. The Morgan fingerprint density at radius 1 is 1.24 bits per heavy atom. The van der Waals surface area contributed by atoms with Crippen LogP contribution in [-0.4, -0.2) is 34.3 Å². The van der Waals surface area contributed by atoms with Crippen LogP contribution in [0, 0.1) is 20.8 Å². The van der Waals surface area contributed by atoms with Crippen LogP contribution >= 0.6 is 11.8 Å². The Morgan fingerprint density at radius 3 is 2.33 bits per heavy atom. The molecule has 21 heavy (non-hydrogen) atoms. The molecule has 0 radical (unpaired) electrons. The van der Waals surface area contributed by atoms with Crippen LogP contribution in [0.2, 0.25) is 0 Å². The van der Waals surface area contributed by atoms with Gasteiger partial charge in [0.05, 0.1) is 7.11 Å². The van der Waals surface area contributed by atoms with E-state index in [-0.39, 0.29) is 5.97 Å². The maximum absolute atomic E-state index is 11.5. The Labute approximate surface area is 131 Å². The second kappa shape index (κ2) is 7.75. The number of methoxy groups -OCH3 is 1. The highest BCUT2D eigenvalue weighted by Gasteiger charge is 2.28. The Balaban J connectivity index is 2.37. The number of aryl methyl sites for hydroxylation is 2. The molecule has 1 rings (SSSR count). The Hall–Kier alpha value is -1.14. The van der Waals surface area contributed by atoms with Crippen LogP contribution in [0.15, 0.2) is 5.16 Å². The van der Waals surface area contributed by atoms with Crippen molar-refractivity contribution < 1.29 is 9.53 Å². The third kappa shape index (κ3) is 5.28. The molecule has 1 aromatic rings. The molecule has 0 aliphatic carbocycles. The highest BCUT2D eigenvalue weighted by molar-refractivity contribution is 7.99. The maximum atomic E-state index is 11.5. The zero-order valence-corrected chi connectivity index (χ0v) is 14.3. The van der Waals surface area contributed by atoms with Crippen LogP contribution < -0.4 is 5.73 Å². The van der Waals surface area contributed by atoms with Gasteiger partial charge in [-0.3, -0.25) is 4.79 Å². The van der Waals surface area contributed by atoms with Crippen molar-refractivity contribution in [1.82, 2.24) is 9.97 Å². The molecular formula is C15H25N3O2S. The highest BCUT2D eigenvalue weighted by Crippen LogP contribution is 2.20. The maximum Gasteiger partial charge on any atom is 0.325 e. The molecule has 0 saturated carbocycles. The molecule has 0 fully saturated rings. The number of aromatic nitrogens is 2. The van der Waals surface area contributed by atoms with Gasteiger partial charge >= 0.3 is 5.97 Å². The molecule has 0 bridgehead atoms. The summed E-state index contributed by atoms with van der Waals surface area (Å²) in [5, 5.41) is 0.819. The molecule has 0 aliphatic rings. The third-order valence-corrected chi connectivity index (χ3v) is 4.52. The summed E-state index contributed by atoms with van der Waals surface area (Å²) in [6.45, 7) is 7.75. The van der Waals surface area contributed by atoms with Crippen molar-refractivity contribution in [2.45, 2.75) is 57.7 Å². The summed E-state index contributed by atoms with van der Waals surface area (Å²) in [6.07, 6.45) is 2.45. The SMILES string of the molecule is COC(=O)C(C)(N)CCCCSc1nc(C)c(C)c(C)n1. The van der Waals surface area contributed by atoms with Gasteiger partial charge in [-0.2, -0.15) is 0 Å². The molecule has 6 heteroatoms. The molecule has 0 aromatic carbocycles. The molecule has 0 amide bonds. The lowest BCUT2D eigenvalue weighted by Gasteiger charge is -2.20. The predicted octanol–water partition coefficient (Wildman–Crippen LogP) is 2.55. The zero-order chi connectivity index (χ0) is 16.0. The van der Waals surface area contributed by atoms with Crippen LogP contribution in [0.25, 0.3) is 0 Å². The van der Waals surface area contributed by atoms with Gasteiger partial charge in [-0.15, -0.1) is 0 Å². The number of nitrogens with zero attached hydrogens (tertiary/aromatic N) is 2. The van der Waals surface area contributed by atoms with Gasteiger partial charge in [0.25, 0.3) is 0 Å². The fraction of sp³-hybridized carbons (Fsp3) is 0.667. The van der Waals surface area contributed by atoms with Crippen molar-refractivity contribution in [3.63, 3.8) is 0 Å². The number of rotatable bonds is 7. The van der Waals surface area contributed by atoms with E-state index in [0.717, 1.165) is 40.7 Å². The fourth-order valence-corrected chi connectivity index (χ4v) is 2.83. The number of hydrogen-bond acceptors (Lipinski definition) is 6. The Bertz CT molecular complexity index is 481. The van der Waals surface area contributed by atoms with E-state index in [9.17, 15) is 4.79 Å². The van der Waals surface area contributed by atoms with Gasteiger partial charge < -0.3 is 10.5 Å². The van der Waals surface area contributed by atoms with Crippen molar-refractivity contribution in [1.29, 1.82) is 0 Å².